The van der Waals surface area contributed by atoms with Gasteiger partial charge < -0.3 is 5.11 Å². The molecule has 6 rings (SSSR count). The number of rotatable bonds is 0. The minimum Gasteiger partial charge on any atom is -0.368 e. The molecule has 4 heteroatoms. The number of fused-ring (bicyclic) bond motifs is 2. The Labute approximate surface area is 162 Å². The first-order valence-electron chi connectivity index (χ1n) is 8.46. The number of aliphatic hydroxyl groups excluding tert-OH is 1. The van der Waals surface area contributed by atoms with Crippen LogP contribution in [-0.4, -0.2) is 14.1 Å². The van der Waals surface area contributed by atoms with Crippen LogP contribution in [0.1, 0.15) is 22.1 Å². The van der Waals surface area contributed by atoms with E-state index in [-0.39, 0.29) is 5.91 Å². The zero-order valence-corrected chi connectivity index (χ0v) is 15.7. The van der Waals surface area contributed by atoms with E-state index < -0.39 is 6.23 Å². The van der Waals surface area contributed by atoms with Crippen molar-refractivity contribution in [1.82, 2.24) is 3.11 Å². The van der Waals surface area contributed by atoms with E-state index in [2.05, 4.69) is 48.5 Å². The number of halogens is 1. The van der Waals surface area contributed by atoms with Crippen molar-refractivity contribution >= 4 is 71.9 Å². The molecular formula is C22H12INO2. The summed E-state index contributed by atoms with van der Waals surface area (Å²) in [6.45, 7) is 0. The van der Waals surface area contributed by atoms with Gasteiger partial charge in [-0.15, -0.1) is 0 Å². The Morgan fingerprint density at radius 1 is 0.769 bits per heavy atom. The van der Waals surface area contributed by atoms with Crippen molar-refractivity contribution < 1.29 is 9.90 Å². The first kappa shape index (κ1) is 14.7. The molecule has 5 aromatic carbocycles. The second-order valence-corrected chi connectivity index (χ2v) is 7.85. The highest BCUT2D eigenvalue weighted by atomic mass is 127. The Kier molecular flexibility index (Phi) is 2.74. The molecule has 0 radical (unpaired) electrons. The number of hydrogen-bond acceptors (Lipinski definition) is 2. The first-order valence-corrected chi connectivity index (χ1v) is 9.43. The van der Waals surface area contributed by atoms with Gasteiger partial charge in [-0.3, -0.25) is 4.79 Å². The third-order valence-electron chi connectivity index (χ3n) is 5.60. The summed E-state index contributed by atoms with van der Waals surface area (Å²) in [6.07, 6.45) is -0.923. The lowest BCUT2D eigenvalue weighted by Gasteiger charge is -2.30. The molecule has 1 N–H and O–H groups in total. The number of carbonyl (C=O) groups excluding carboxylic acids is 1. The Hall–Kier alpha value is -2.44. The average Bonchev–Trinajstić information content (AvgIpc) is 2.68. The maximum atomic E-state index is 12.7. The lowest BCUT2D eigenvalue weighted by molar-refractivity contribution is 0.0528. The van der Waals surface area contributed by atoms with Crippen molar-refractivity contribution in [3.05, 3.63) is 71.8 Å². The molecule has 0 bridgehead atoms. The van der Waals surface area contributed by atoms with Gasteiger partial charge >= 0.3 is 0 Å². The molecule has 1 atom stereocenters. The predicted molar refractivity (Wildman–Crippen MR) is 113 cm³/mol. The van der Waals surface area contributed by atoms with Gasteiger partial charge in [-0.1, -0.05) is 54.6 Å². The summed E-state index contributed by atoms with van der Waals surface area (Å²) in [7, 11) is 0. The highest BCUT2D eigenvalue weighted by Gasteiger charge is 2.32. The molecule has 124 valence electrons. The van der Waals surface area contributed by atoms with Crippen LogP contribution in [0.5, 0.6) is 0 Å². The SMILES string of the molecule is O=C1c2ccc3c4cccc5cccc(c6ccc(c2c36)C(O)N1I)c54. The average molecular weight is 449 g/mol. The molecule has 1 aliphatic rings. The van der Waals surface area contributed by atoms with Crippen LogP contribution >= 0.6 is 22.9 Å². The summed E-state index contributed by atoms with van der Waals surface area (Å²) in [6, 6.07) is 20.7. The zero-order valence-electron chi connectivity index (χ0n) is 13.5. The molecule has 0 saturated heterocycles. The normalized spacial score (nSPS) is 17.2. The minimum absolute atomic E-state index is 0.147. The topological polar surface area (TPSA) is 40.5 Å². The molecular weight excluding hydrogens is 437 g/mol. The van der Waals surface area contributed by atoms with Crippen LogP contribution in [0.25, 0.3) is 43.1 Å². The molecule has 5 aromatic rings. The van der Waals surface area contributed by atoms with Gasteiger partial charge in [0, 0.05) is 16.5 Å². The number of amides is 1. The van der Waals surface area contributed by atoms with Crippen molar-refractivity contribution in [3.63, 3.8) is 0 Å². The zero-order chi connectivity index (χ0) is 17.6. The van der Waals surface area contributed by atoms with Crippen molar-refractivity contribution in [3.8, 4) is 0 Å². The van der Waals surface area contributed by atoms with E-state index in [4.69, 9.17) is 0 Å². The van der Waals surface area contributed by atoms with Crippen LogP contribution in [-0.2, 0) is 0 Å². The van der Waals surface area contributed by atoms with Crippen LogP contribution in [0, 0.1) is 0 Å². The number of benzene rings is 5. The number of hydrogen-bond donors (Lipinski definition) is 1. The molecule has 1 amide bonds. The second-order valence-electron chi connectivity index (χ2n) is 6.81. The van der Waals surface area contributed by atoms with Crippen molar-refractivity contribution in [1.29, 1.82) is 0 Å². The Morgan fingerprint density at radius 3 is 2.08 bits per heavy atom. The van der Waals surface area contributed by atoms with Gasteiger partial charge in [-0.05, 0) is 43.8 Å². The summed E-state index contributed by atoms with van der Waals surface area (Å²) in [5.74, 6) is -0.147. The largest absolute Gasteiger partial charge is 0.368 e. The van der Waals surface area contributed by atoms with Crippen molar-refractivity contribution in [2.24, 2.45) is 0 Å². The smallest absolute Gasteiger partial charge is 0.265 e. The summed E-state index contributed by atoms with van der Waals surface area (Å²) < 4.78 is 1.37. The van der Waals surface area contributed by atoms with E-state index in [1.807, 2.05) is 35.0 Å². The number of nitrogens with zero attached hydrogens (tertiary/aromatic N) is 1. The molecule has 1 aliphatic heterocycles. The third-order valence-corrected chi connectivity index (χ3v) is 6.56. The van der Waals surface area contributed by atoms with Crippen LogP contribution in [0.2, 0.25) is 0 Å². The lowest BCUT2D eigenvalue weighted by atomic mass is 9.85. The molecule has 0 saturated carbocycles. The second kappa shape index (κ2) is 4.84. The first-order chi connectivity index (χ1) is 12.7. The maximum absolute atomic E-state index is 12.7. The fraction of sp³-hybridized carbons (Fsp3) is 0.0455. The van der Waals surface area contributed by atoms with Gasteiger partial charge in [0.15, 0.2) is 6.23 Å². The molecule has 3 nitrogen and oxygen atoms in total. The number of aliphatic hydroxyl groups is 1. The summed E-state index contributed by atoms with van der Waals surface area (Å²) in [4.78, 5) is 12.7. The van der Waals surface area contributed by atoms with E-state index >= 15 is 0 Å². The van der Waals surface area contributed by atoms with Crippen molar-refractivity contribution in [2.45, 2.75) is 6.23 Å². The monoisotopic (exact) mass is 449 g/mol. The highest BCUT2D eigenvalue weighted by molar-refractivity contribution is 14.1. The van der Waals surface area contributed by atoms with Crippen LogP contribution in [0.4, 0.5) is 0 Å². The molecule has 26 heavy (non-hydrogen) atoms. The molecule has 0 spiro atoms. The minimum atomic E-state index is -0.923. The molecule has 1 unspecified atom stereocenters. The van der Waals surface area contributed by atoms with E-state index in [0.29, 0.717) is 5.56 Å². The standard InChI is InChI=1S/C22H12INO2/c23-24-21(25)16-9-7-14-12-5-1-3-11-4-2-6-13(18(11)12)15-8-10-17(22(24)26)20(16)19(14)15/h1-10,21,25H. The summed E-state index contributed by atoms with van der Waals surface area (Å²) >= 11 is 1.89. The molecule has 0 aliphatic carbocycles. The third kappa shape index (κ3) is 1.60. The van der Waals surface area contributed by atoms with Gasteiger partial charge in [-0.25, -0.2) is 3.11 Å². The van der Waals surface area contributed by atoms with E-state index in [9.17, 15) is 9.90 Å². The van der Waals surface area contributed by atoms with E-state index in [0.717, 1.165) is 27.1 Å². The fourth-order valence-corrected chi connectivity index (χ4v) is 5.06. The fourth-order valence-electron chi connectivity index (χ4n) is 4.50. The number of carbonyl (C=O) groups is 1. The Morgan fingerprint density at radius 2 is 1.38 bits per heavy atom. The van der Waals surface area contributed by atoms with Crippen LogP contribution in [0.3, 0.4) is 0 Å². The van der Waals surface area contributed by atoms with Crippen LogP contribution in [0.15, 0.2) is 60.7 Å². The van der Waals surface area contributed by atoms with Gasteiger partial charge in [0.05, 0.1) is 22.9 Å². The maximum Gasteiger partial charge on any atom is 0.265 e. The Balaban J connectivity index is 1.98. The van der Waals surface area contributed by atoms with E-state index in [1.165, 1.54) is 24.7 Å². The quantitative estimate of drug-likeness (QED) is 0.146. The summed E-state index contributed by atoms with van der Waals surface area (Å²) in [5.41, 5.74) is 1.45. The molecule has 0 fully saturated rings. The van der Waals surface area contributed by atoms with Crippen molar-refractivity contribution in [2.75, 3.05) is 0 Å². The van der Waals surface area contributed by atoms with Gasteiger partial charge in [0.1, 0.15) is 0 Å². The molecule has 0 aromatic heterocycles. The van der Waals surface area contributed by atoms with Gasteiger partial charge in [0.2, 0.25) is 0 Å². The van der Waals surface area contributed by atoms with Gasteiger partial charge in [0.25, 0.3) is 5.91 Å². The van der Waals surface area contributed by atoms with Gasteiger partial charge in [-0.2, -0.15) is 0 Å². The van der Waals surface area contributed by atoms with E-state index in [1.54, 1.807) is 0 Å². The molecule has 1 heterocycles. The highest BCUT2D eigenvalue weighted by Crippen LogP contribution is 2.45. The summed E-state index contributed by atoms with van der Waals surface area (Å²) in [5, 5.41) is 19.7. The van der Waals surface area contributed by atoms with Crippen LogP contribution < -0.4 is 0 Å². The lowest BCUT2D eigenvalue weighted by Crippen LogP contribution is -2.30. The Bertz CT molecular complexity index is 1340. The predicted octanol–water partition coefficient (Wildman–Crippen LogP) is 5.53.